The maximum atomic E-state index is 12.4. The van der Waals surface area contributed by atoms with Crippen LogP contribution in [0.1, 0.15) is 22.6 Å². The molecule has 8 nitrogen and oxygen atoms in total. The first kappa shape index (κ1) is 26.7. The van der Waals surface area contributed by atoms with Crippen LogP contribution in [0.4, 0.5) is 11.5 Å². The average Bonchev–Trinajstić information content (AvgIpc) is 3.20. The Bertz CT molecular complexity index is 1410. The minimum atomic E-state index is -2.33. The Hall–Kier alpha value is -3.32. The van der Waals surface area contributed by atoms with Crippen LogP contribution in [-0.4, -0.2) is 48.6 Å². The maximum absolute atomic E-state index is 12.4. The predicted molar refractivity (Wildman–Crippen MR) is 152 cm³/mol. The molecule has 4 aromatic rings. The molecule has 0 fully saturated rings. The van der Waals surface area contributed by atoms with E-state index in [-0.39, 0.29) is 0 Å². The first-order chi connectivity index (χ1) is 17.7. The van der Waals surface area contributed by atoms with Crippen LogP contribution < -0.4 is 21.3 Å². The lowest BCUT2D eigenvalue weighted by molar-refractivity contribution is 0.393. The molecule has 9 heteroatoms. The summed E-state index contributed by atoms with van der Waals surface area (Å²) in [4.78, 5) is 9.92. The van der Waals surface area contributed by atoms with Crippen molar-refractivity contribution in [2.75, 3.05) is 38.8 Å². The third-order valence-corrected chi connectivity index (χ3v) is 7.78. The van der Waals surface area contributed by atoms with Crippen molar-refractivity contribution in [3.63, 3.8) is 0 Å². The van der Waals surface area contributed by atoms with Crippen molar-refractivity contribution in [1.82, 2.24) is 25.8 Å². The smallest absolute Gasteiger partial charge is 0.162 e. The largest absolute Gasteiger partial charge is 0.361 e. The number of hydrogen-bond acceptors (Lipinski definition) is 8. The van der Waals surface area contributed by atoms with E-state index in [1.807, 2.05) is 64.2 Å². The summed E-state index contributed by atoms with van der Waals surface area (Å²) in [5.74, 6) is 2.02. The van der Waals surface area contributed by atoms with Crippen LogP contribution in [0.25, 0.3) is 22.6 Å². The van der Waals surface area contributed by atoms with Crippen LogP contribution in [0.2, 0.25) is 0 Å². The highest BCUT2D eigenvalue weighted by Gasteiger charge is 2.20. The van der Waals surface area contributed by atoms with Gasteiger partial charge in [0.15, 0.2) is 5.82 Å². The molecule has 0 aliphatic heterocycles. The van der Waals surface area contributed by atoms with E-state index in [4.69, 9.17) is 14.5 Å². The molecule has 0 saturated carbocycles. The summed E-state index contributed by atoms with van der Waals surface area (Å²) in [7, 11) is -0.382. The fourth-order valence-corrected chi connectivity index (χ4v) is 5.01. The summed E-state index contributed by atoms with van der Waals surface area (Å²) >= 11 is 0. The maximum Gasteiger partial charge on any atom is 0.162 e. The lowest BCUT2D eigenvalue weighted by Gasteiger charge is -2.15. The Morgan fingerprint density at radius 1 is 0.973 bits per heavy atom. The van der Waals surface area contributed by atoms with Gasteiger partial charge in [-0.1, -0.05) is 23.4 Å². The predicted octanol–water partition coefficient (Wildman–Crippen LogP) is 5.02. The molecule has 194 valence electrons. The number of rotatable bonds is 10. The second kappa shape index (κ2) is 11.4. The van der Waals surface area contributed by atoms with Crippen LogP contribution in [-0.2, 0) is 11.1 Å². The molecule has 2 heterocycles. The van der Waals surface area contributed by atoms with E-state index in [0.717, 1.165) is 64.3 Å². The summed E-state index contributed by atoms with van der Waals surface area (Å²) in [6.45, 7) is 11.9. The van der Waals surface area contributed by atoms with E-state index in [2.05, 4.69) is 33.2 Å². The summed E-state index contributed by atoms with van der Waals surface area (Å²) in [5.41, 5.74) is 6.28. The van der Waals surface area contributed by atoms with Gasteiger partial charge in [0.1, 0.15) is 18.7 Å². The molecule has 0 amide bonds. The number of anilines is 2. The van der Waals surface area contributed by atoms with Crippen molar-refractivity contribution in [3.8, 4) is 22.6 Å². The molecule has 0 aliphatic carbocycles. The summed E-state index contributed by atoms with van der Waals surface area (Å²) < 4.78 is 17.9. The monoisotopic (exact) mass is 518 g/mol. The molecule has 0 aliphatic rings. The summed E-state index contributed by atoms with van der Waals surface area (Å²) in [5, 5.41) is 15.0. The van der Waals surface area contributed by atoms with E-state index in [9.17, 15) is 4.57 Å². The van der Waals surface area contributed by atoms with Crippen LogP contribution >= 0.6 is 7.14 Å². The quantitative estimate of drug-likeness (QED) is 0.198. The summed E-state index contributed by atoms with van der Waals surface area (Å²) in [6, 6.07) is 15.9. The van der Waals surface area contributed by atoms with Gasteiger partial charge in [0.2, 0.25) is 0 Å². The van der Waals surface area contributed by atoms with Gasteiger partial charge in [0.05, 0.1) is 17.0 Å². The van der Waals surface area contributed by atoms with Crippen molar-refractivity contribution >= 4 is 24.0 Å². The van der Waals surface area contributed by atoms with Crippen molar-refractivity contribution in [2.45, 2.75) is 27.3 Å². The van der Waals surface area contributed by atoms with E-state index < -0.39 is 7.14 Å². The van der Waals surface area contributed by atoms with Gasteiger partial charge < -0.3 is 25.0 Å². The Labute approximate surface area is 218 Å². The fraction of sp³-hybridized carbons (Fsp3) is 0.321. The van der Waals surface area contributed by atoms with Gasteiger partial charge in [0, 0.05) is 41.8 Å². The van der Waals surface area contributed by atoms with Crippen LogP contribution in [0.3, 0.4) is 0 Å². The minimum Gasteiger partial charge on any atom is -0.361 e. The number of aryl methyl sites for hydroxylation is 2. The molecule has 0 bridgehead atoms. The van der Waals surface area contributed by atoms with Crippen molar-refractivity contribution < 1.29 is 9.09 Å². The zero-order valence-corrected chi connectivity index (χ0v) is 23.2. The third kappa shape index (κ3) is 6.34. The minimum absolute atomic E-state index is 0.614. The highest BCUT2D eigenvalue weighted by molar-refractivity contribution is 7.70. The highest BCUT2D eigenvalue weighted by Crippen LogP contribution is 2.36. The normalized spacial score (nSPS) is 11.6. The molecule has 2 aromatic carbocycles. The molecule has 0 spiro atoms. The lowest BCUT2D eigenvalue weighted by Crippen LogP contribution is -2.24. The van der Waals surface area contributed by atoms with Gasteiger partial charge in [-0.15, -0.1) is 0 Å². The fourth-order valence-electron chi connectivity index (χ4n) is 4.14. The first-order valence-corrected chi connectivity index (χ1v) is 15.0. The van der Waals surface area contributed by atoms with Gasteiger partial charge >= 0.3 is 0 Å². The van der Waals surface area contributed by atoms with Crippen LogP contribution in [0.15, 0.2) is 53.1 Å². The average molecular weight is 519 g/mol. The lowest BCUT2D eigenvalue weighted by atomic mass is 10.0. The molecular formula is C28H35N6O2P. The number of likely N-dealkylation sites (N-methyl/N-ethyl adjacent to an activating group) is 1. The number of aromatic nitrogens is 3. The molecule has 4 rings (SSSR count). The Kier molecular flexibility index (Phi) is 8.22. The molecule has 3 N–H and O–H groups in total. The second-order valence-electron chi connectivity index (χ2n) is 9.57. The Balaban J connectivity index is 1.75. The molecular weight excluding hydrogens is 483 g/mol. The van der Waals surface area contributed by atoms with Crippen molar-refractivity contribution in [3.05, 3.63) is 71.1 Å². The molecule has 0 atom stereocenters. The van der Waals surface area contributed by atoms with Gasteiger partial charge in [-0.3, -0.25) is 0 Å². The van der Waals surface area contributed by atoms with Gasteiger partial charge in [-0.25, -0.2) is 9.97 Å². The first-order valence-electron chi connectivity index (χ1n) is 12.4. The Morgan fingerprint density at radius 3 is 2.38 bits per heavy atom. The zero-order valence-electron chi connectivity index (χ0n) is 22.3. The van der Waals surface area contributed by atoms with Gasteiger partial charge in [-0.05, 0) is 77.0 Å². The number of nitrogens with zero attached hydrogens (tertiary/aromatic N) is 3. The number of hydrogen-bond donors (Lipinski definition) is 3. The SMILES string of the molecule is CNCCNCc1cccc(-c2nc(Nc3ccc(P(C)(C)=O)cc3)c(C)c(-c3c(C)noc3C)n2)c1. The third-order valence-electron chi connectivity index (χ3n) is 6.23. The van der Waals surface area contributed by atoms with Gasteiger partial charge in [0.25, 0.3) is 0 Å². The van der Waals surface area contributed by atoms with Crippen LogP contribution in [0, 0.1) is 20.8 Å². The zero-order chi connectivity index (χ0) is 26.6. The number of nitrogens with one attached hydrogen (secondary N) is 3. The summed E-state index contributed by atoms with van der Waals surface area (Å²) in [6.07, 6.45) is 0. The molecule has 0 unspecified atom stereocenters. The van der Waals surface area contributed by atoms with E-state index in [1.54, 1.807) is 13.3 Å². The topological polar surface area (TPSA) is 105 Å². The van der Waals surface area contributed by atoms with Crippen molar-refractivity contribution in [1.29, 1.82) is 0 Å². The molecule has 0 radical (unpaired) electrons. The number of benzene rings is 2. The molecule has 2 aromatic heterocycles. The van der Waals surface area contributed by atoms with Gasteiger partial charge in [-0.2, -0.15) is 0 Å². The van der Waals surface area contributed by atoms with E-state index in [1.165, 1.54) is 0 Å². The highest BCUT2D eigenvalue weighted by atomic mass is 31.2. The standard InChI is InChI=1S/C28H35N6O2P/c1-18-26(25-19(2)34-36-20(25)3)32-28(22-9-7-8-21(16-22)17-30-15-14-29-4)33-27(18)31-23-10-12-24(13-11-23)37(5,6)35/h7-13,16,29-30H,14-15,17H2,1-6H3,(H,31,32,33). The van der Waals surface area contributed by atoms with Crippen molar-refractivity contribution in [2.24, 2.45) is 0 Å². The molecule has 0 saturated heterocycles. The van der Waals surface area contributed by atoms with Crippen LogP contribution in [0.5, 0.6) is 0 Å². The molecule has 37 heavy (non-hydrogen) atoms. The second-order valence-corrected chi connectivity index (χ2v) is 12.8. The van der Waals surface area contributed by atoms with E-state index in [0.29, 0.717) is 17.4 Å². The Morgan fingerprint density at radius 2 is 1.73 bits per heavy atom. The van der Waals surface area contributed by atoms with E-state index >= 15 is 0 Å².